The third-order valence-corrected chi connectivity index (χ3v) is 5.38. The SMILES string of the molecule is CC1CCC(C(N)C2CCCCC2)CC1C. The Morgan fingerprint density at radius 2 is 1.50 bits per heavy atom. The fraction of sp³-hybridized carbons (Fsp3) is 1.00. The van der Waals surface area contributed by atoms with E-state index in [0.717, 1.165) is 23.7 Å². The van der Waals surface area contributed by atoms with E-state index in [1.54, 1.807) is 0 Å². The molecule has 1 heteroatoms. The standard InChI is InChI=1S/C15H29N/c1-11-8-9-14(10-12(11)2)15(16)13-6-4-3-5-7-13/h11-15H,3-10,16H2,1-2H3. The fourth-order valence-corrected chi connectivity index (χ4v) is 3.84. The van der Waals surface area contributed by atoms with Gasteiger partial charge < -0.3 is 5.73 Å². The number of hydrogen-bond acceptors (Lipinski definition) is 1. The van der Waals surface area contributed by atoms with Gasteiger partial charge in [-0.05, 0) is 49.4 Å². The van der Waals surface area contributed by atoms with E-state index in [1.165, 1.54) is 51.4 Å². The van der Waals surface area contributed by atoms with Crippen molar-refractivity contribution in [1.29, 1.82) is 0 Å². The molecular formula is C15H29N. The van der Waals surface area contributed by atoms with Crippen molar-refractivity contribution < 1.29 is 0 Å². The summed E-state index contributed by atoms with van der Waals surface area (Å²) in [6.45, 7) is 4.83. The number of nitrogens with two attached hydrogens (primary N) is 1. The van der Waals surface area contributed by atoms with Gasteiger partial charge in [0.05, 0.1) is 0 Å². The lowest BCUT2D eigenvalue weighted by Gasteiger charge is -2.39. The molecule has 4 atom stereocenters. The van der Waals surface area contributed by atoms with Crippen molar-refractivity contribution in [3.05, 3.63) is 0 Å². The van der Waals surface area contributed by atoms with Crippen LogP contribution < -0.4 is 5.73 Å². The topological polar surface area (TPSA) is 26.0 Å². The van der Waals surface area contributed by atoms with E-state index in [0.29, 0.717) is 6.04 Å². The summed E-state index contributed by atoms with van der Waals surface area (Å²) in [5, 5.41) is 0. The lowest BCUT2D eigenvalue weighted by atomic mass is 9.69. The average Bonchev–Trinajstić information content (AvgIpc) is 2.33. The molecule has 0 aliphatic heterocycles. The Kier molecular flexibility index (Phi) is 4.29. The first kappa shape index (κ1) is 12.4. The molecule has 2 N–H and O–H groups in total. The first-order chi connectivity index (χ1) is 7.68. The van der Waals surface area contributed by atoms with E-state index in [1.807, 2.05) is 0 Å². The normalized spacial score (nSPS) is 39.6. The summed E-state index contributed by atoms with van der Waals surface area (Å²) in [6, 6.07) is 0.509. The molecule has 0 aromatic rings. The molecule has 0 bridgehead atoms. The zero-order chi connectivity index (χ0) is 11.5. The summed E-state index contributed by atoms with van der Waals surface area (Å²) in [5.74, 6) is 3.50. The summed E-state index contributed by atoms with van der Waals surface area (Å²) < 4.78 is 0. The summed E-state index contributed by atoms with van der Waals surface area (Å²) in [7, 11) is 0. The molecule has 94 valence electrons. The van der Waals surface area contributed by atoms with Crippen LogP contribution >= 0.6 is 0 Å². The molecular weight excluding hydrogens is 194 g/mol. The zero-order valence-electron chi connectivity index (χ0n) is 11.1. The Morgan fingerprint density at radius 3 is 2.12 bits per heavy atom. The van der Waals surface area contributed by atoms with Gasteiger partial charge in [-0.25, -0.2) is 0 Å². The third-order valence-electron chi connectivity index (χ3n) is 5.38. The highest BCUT2D eigenvalue weighted by atomic mass is 14.7. The van der Waals surface area contributed by atoms with E-state index >= 15 is 0 Å². The van der Waals surface area contributed by atoms with Gasteiger partial charge in [0, 0.05) is 6.04 Å². The van der Waals surface area contributed by atoms with Crippen LogP contribution in [0.3, 0.4) is 0 Å². The van der Waals surface area contributed by atoms with Crippen LogP contribution in [-0.4, -0.2) is 6.04 Å². The Labute approximate surface area is 101 Å². The summed E-state index contributed by atoms with van der Waals surface area (Å²) in [4.78, 5) is 0. The van der Waals surface area contributed by atoms with Crippen LogP contribution in [0.2, 0.25) is 0 Å². The van der Waals surface area contributed by atoms with Crippen LogP contribution in [0, 0.1) is 23.7 Å². The highest BCUT2D eigenvalue weighted by molar-refractivity contribution is 4.87. The van der Waals surface area contributed by atoms with Crippen molar-refractivity contribution in [2.45, 2.75) is 71.3 Å². The zero-order valence-corrected chi connectivity index (χ0v) is 11.1. The van der Waals surface area contributed by atoms with E-state index in [2.05, 4.69) is 13.8 Å². The van der Waals surface area contributed by atoms with E-state index in [4.69, 9.17) is 5.73 Å². The molecule has 0 amide bonds. The fourth-order valence-electron chi connectivity index (χ4n) is 3.84. The molecule has 4 unspecified atom stereocenters. The van der Waals surface area contributed by atoms with Crippen molar-refractivity contribution in [2.75, 3.05) is 0 Å². The van der Waals surface area contributed by atoms with Crippen molar-refractivity contribution in [2.24, 2.45) is 29.4 Å². The highest BCUT2D eigenvalue weighted by Crippen LogP contribution is 2.38. The first-order valence-corrected chi connectivity index (χ1v) is 7.44. The predicted molar refractivity (Wildman–Crippen MR) is 70.2 cm³/mol. The molecule has 0 saturated heterocycles. The van der Waals surface area contributed by atoms with Crippen LogP contribution in [0.15, 0.2) is 0 Å². The number of rotatable bonds is 2. The lowest BCUT2D eigenvalue weighted by Crippen LogP contribution is -2.41. The smallest absolute Gasteiger partial charge is 0.00957 e. The molecule has 2 fully saturated rings. The van der Waals surface area contributed by atoms with Crippen LogP contribution in [-0.2, 0) is 0 Å². The van der Waals surface area contributed by atoms with Gasteiger partial charge in [0.25, 0.3) is 0 Å². The van der Waals surface area contributed by atoms with Gasteiger partial charge in [-0.15, -0.1) is 0 Å². The summed E-state index contributed by atoms with van der Waals surface area (Å²) in [6.07, 6.45) is 11.3. The van der Waals surface area contributed by atoms with E-state index < -0.39 is 0 Å². The second kappa shape index (κ2) is 5.53. The minimum atomic E-state index is 0.509. The quantitative estimate of drug-likeness (QED) is 0.753. The van der Waals surface area contributed by atoms with E-state index in [9.17, 15) is 0 Å². The van der Waals surface area contributed by atoms with Gasteiger partial charge in [-0.1, -0.05) is 39.5 Å². The second-order valence-corrected chi connectivity index (χ2v) is 6.50. The Balaban J connectivity index is 1.86. The van der Waals surface area contributed by atoms with Crippen molar-refractivity contribution >= 4 is 0 Å². The third kappa shape index (κ3) is 2.80. The second-order valence-electron chi connectivity index (χ2n) is 6.50. The lowest BCUT2D eigenvalue weighted by molar-refractivity contribution is 0.145. The number of hydrogen-bond donors (Lipinski definition) is 1. The van der Waals surface area contributed by atoms with Crippen LogP contribution in [0.5, 0.6) is 0 Å². The molecule has 2 rings (SSSR count). The Hall–Kier alpha value is -0.0400. The molecule has 16 heavy (non-hydrogen) atoms. The maximum atomic E-state index is 6.53. The molecule has 1 nitrogen and oxygen atoms in total. The highest BCUT2D eigenvalue weighted by Gasteiger charge is 2.32. The van der Waals surface area contributed by atoms with Gasteiger partial charge in [0.2, 0.25) is 0 Å². The van der Waals surface area contributed by atoms with Gasteiger partial charge in [-0.2, -0.15) is 0 Å². The van der Waals surface area contributed by atoms with Gasteiger partial charge >= 0.3 is 0 Å². The van der Waals surface area contributed by atoms with Crippen molar-refractivity contribution in [3.8, 4) is 0 Å². The monoisotopic (exact) mass is 223 g/mol. The Morgan fingerprint density at radius 1 is 0.812 bits per heavy atom. The van der Waals surface area contributed by atoms with Crippen LogP contribution in [0.4, 0.5) is 0 Å². The minimum absolute atomic E-state index is 0.509. The van der Waals surface area contributed by atoms with Crippen LogP contribution in [0.25, 0.3) is 0 Å². The van der Waals surface area contributed by atoms with Crippen LogP contribution in [0.1, 0.15) is 65.2 Å². The molecule has 0 heterocycles. The maximum Gasteiger partial charge on any atom is 0.00957 e. The molecule has 2 saturated carbocycles. The van der Waals surface area contributed by atoms with Gasteiger partial charge in [0.1, 0.15) is 0 Å². The van der Waals surface area contributed by atoms with E-state index in [-0.39, 0.29) is 0 Å². The molecule has 2 aliphatic rings. The van der Waals surface area contributed by atoms with Gasteiger partial charge in [-0.3, -0.25) is 0 Å². The summed E-state index contributed by atoms with van der Waals surface area (Å²) >= 11 is 0. The first-order valence-electron chi connectivity index (χ1n) is 7.44. The van der Waals surface area contributed by atoms with Gasteiger partial charge in [0.15, 0.2) is 0 Å². The maximum absolute atomic E-state index is 6.53. The molecule has 0 spiro atoms. The Bertz CT molecular complexity index is 207. The molecule has 0 aromatic carbocycles. The summed E-state index contributed by atoms with van der Waals surface area (Å²) in [5.41, 5.74) is 6.53. The minimum Gasteiger partial charge on any atom is -0.327 e. The molecule has 0 radical (unpaired) electrons. The largest absolute Gasteiger partial charge is 0.327 e. The predicted octanol–water partition coefficient (Wildman–Crippen LogP) is 3.97. The molecule has 0 aromatic heterocycles. The average molecular weight is 223 g/mol. The van der Waals surface area contributed by atoms with Crippen molar-refractivity contribution in [3.63, 3.8) is 0 Å². The van der Waals surface area contributed by atoms with Crippen molar-refractivity contribution in [1.82, 2.24) is 0 Å². The molecule has 2 aliphatic carbocycles.